The molecule has 1 N–H and O–H groups in total. The lowest BCUT2D eigenvalue weighted by atomic mass is 9.95. The van der Waals surface area contributed by atoms with E-state index < -0.39 is 10.2 Å². The lowest BCUT2D eigenvalue weighted by molar-refractivity contribution is 0.300. The van der Waals surface area contributed by atoms with E-state index in [0.29, 0.717) is 24.6 Å². The first kappa shape index (κ1) is 16.0. The Morgan fingerprint density at radius 3 is 2.43 bits per heavy atom. The predicted octanol–water partition coefficient (Wildman–Crippen LogP) is 0.852. The second-order valence-electron chi connectivity index (χ2n) is 5.73. The fraction of sp³-hybridized carbons (Fsp3) is 0.500. The van der Waals surface area contributed by atoms with Crippen LogP contribution in [0.15, 0.2) is 24.8 Å². The van der Waals surface area contributed by atoms with E-state index in [1.807, 2.05) is 0 Å². The molecule has 0 saturated carbocycles. The molecule has 0 amide bonds. The molecule has 3 heterocycles. The second-order valence-corrected chi connectivity index (χ2v) is 7.87. The monoisotopic (exact) mass is 336 g/mol. The molecule has 23 heavy (non-hydrogen) atoms. The smallest absolute Gasteiger partial charge is 0.281 e. The molecule has 0 radical (unpaired) electrons. The van der Waals surface area contributed by atoms with Crippen molar-refractivity contribution in [1.29, 1.82) is 0 Å². The number of aromatic nitrogens is 4. The van der Waals surface area contributed by atoms with E-state index in [2.05, 4.69) is 19.9 Å². The molecular formula is C14H20N6O2S. The molecule has 124 valence electrons. The van der Waals surface area contributed by atoms with Gasteiger partial charge in [-0.3, -0.25) is 4.98 Å². The average Bonchev–Trinajstić information content (AvgIpc) is 3.09. The van der Waals surface area contributed by atoms with Gasteiger partial charge < -0.3 is 4.98 Å². The van der Waals surface area contributed by atoms with Gasteiger partial charge in [0.1, 0.15) is 5.69 Å². The zero-order chi connectivity index (χ0) is 16.4. The Labute approximate surface area is 135 Å². The van der Waals surface area contributed by atoms with Crippen molar-refractivity contribution in [2.24, 2.45) is 0 Å². The Bertz CT molecular complexity index is 734. The third kappa shape index (κ3) is 3.26. The number of H-pyrrole nitrogens is 1. The third-order valence-electron chi connectivity index (χ3n) is 4.07. The predicted molar refractivity (Wildman–Crippen MR) is 85.8 cm³/mol. The van der Waals surface area contributed by atoms with Crippen LogP contribution in [0.25, 0.3) is 11.5 Å². The van der Waals surface area contributed by atoms with Crippen LogP contribution in [0.3, 0.4) is 0 Å². The molecule has 1 aliphatic heterocycles. The van der Waals surface area contributed by atoms with Crippen molar-refractivity contribution >= 4 is 10.2 Å². The summed E-state index contributed by atoms with van der Waals surface area (Å²) in [5.74, 6) is 0.928. The first-order chi connectivity index (χ1) is 11.0. The van der Waals surface area contributed by atoms with Crippen molar-refractivity contribution in [1.82, 2.24) is 28.5 Å². The average molecular weight is 336 g/mol. The quantitative estimate of drug-likeness (QED) is 0.893. The molecule has 8 nitrogen and oxygen atoms in total. The van der Waals surface area contributed by atoms with Gasteiger partial charge in [-0.15, -0.1) is 0 Å². The maximum Gasteiger partial charge on any atom is 0.281 e. The van der Waals surface area contributed by atoms with E-state index in [9.17, 15) is 8.42 Å². The molecule has 0 aliphatic carbocycles. The Balaban J connectivity index is 1.66. The molecule has 2 aromatic heterocycles. The Kier molecular flexibility index (Phi) is 4.42. The maximum absolute atomic E-state index is 12.1. The van der Waals surface area contributed by atoms with E-state index in [-0.39, 0.29) is 5.92 Å². The second kappa shape index (κ2) is 6.34. The van der Waals surface area contributed by atoms with Gasteiger partial charge >= 0.3 is 0 Å². The zero-order valence-corrected chi connectivity index (χ0v) is 14.0. The molecule has 0 atom stereocenters. The number of aromatic amines is 1. The molecule has 2 aromatic rings. The summed E-state index contributed by atoms with van der Waals surface area (Å²) in [6, 6.07) is 0. The van der Waals surface area contributed by atoms with E-state index in [0.717, 1.165) is 18.5 Å². The summed E-state index contributed by atoms with van der Waals surface area (Å²) in [4.78, 5) is 16.0. The largest absolute Gasteiger partial charge is 0.343 e. The summed E-state index contributed by atoms with van der Waals surface area (Å²) >= 11 is 0. The topological polar surface area (TPSA) is 95.1 Å². The van der Waals surface area contributed by atoms with E-state index in [1.165, 1.54) is 8.61 Å². The normalized spacial score (nSPS) is 17.7. The summed E-state index contributed by atoms with van der Waals surface area (Å²) in [6.45, 7) is 1.01. The minimum absolute atomic E-state index is 0.238. The lowest BCUT2D eigenvalue weighted by Crippen LogP contribution is -2.44. The summed E-state index contributed by atoms with van der Waals surface area (Å²) in [5, 5.41) is 0. The van der Waals surface area contributed by atoms with Gasteiger partial charge in [-0.05, 0) is 12.8 Å². The minimum Gasteiger partial charge on any atom is -0.343 e. The summed E-state index contributed by atoms with van der Waals surface area (Å²) in [5.41, 5.74) is 1.61. The van der Waals surface area contributed by atoms with Crippen molar-refractivity contribution in [3.05, 3.63) is 30.5 Å². The standard InChI is InChI=1S/C14H20N6O2S/c1-19(2)23(21,22)20-7-3-11(4-8-20)12-9-18-13(10-17-12)14-15-5-6-16-14/h5-6,9-11H,3-4,7-8H2,1-2H3,(H,15,16). The van der Waals surface area contributed by atoms with Crippen molar-refractivity contribution in [2.45, 2.75) is 18.8 Å². The van der Waals surface area contributed by atoms with Gasteiger partial charge in [-0.1, -0.05) is 0 Å². The summed E-state index contributed by atoms with van der Waals surface area (Å²) in [7, 11) is -0.212. The first-order valence-corrected chi connectivity index (χ1v) is 8.87. The van der Waals surface area contributed by atoms with Crippen molar-refractivity contribution < 1.29 is 8.42 Å². The van der Waals surface area contributed by atoms with Gasteiger partial charge in [-0.25, -0.2) is 9.97 Å². The van der Waals surface area contributed by atoms with Crippen LogP contribution in [-0.2, 0) is 10.2 Å². The highest BCUT2D eigenvalue weighted by molar-refractivity contribution is 7.86. The maximum atomic E-state index is 12.1. The number of nitrogens with zero attached hydrogens (tertiary/aromatic N) is 5. The molecule has 3 rings (SSSR count). The number of hydrogen-bond acceptors (Lipinski definition) is 5. The highest BCUT2D eigenvalue weighted by Crippen LogP contribution is 2.28. The zero-order valence-electron chi connectivity index (χ0n) is 13.2. The number of piperidine rings is 1. The van der Waals surface area contributed by atoms with Gasteiger partial charge in [0.25, 0.3) is 10.2 Å². The Morgan fingerprint density at radius 1 is 1.17 bits per heavy atom. The van der Waals surface area contributed by atoms with E-state index in [1.54, 1.807) is 38.9 Å². The SMILES string of the molecule is CN(C)S(=O)(=O)N1CCC(c2cnc(-c3ncc[nH]3)cn2)CC1. The van der Waals surface area contributed by atoms with Gasteiger partial charge in [0.2, 0.25) is 0 Å². The van der Waals surface area contributed by atoms with Gasteiger partial charge in [-0.2, -0.15) is 17.0 Å². The van der Waals surface area contributed by atoms with Crippen LogP contribution in [0.4, 0.5) is 0 Å². The molecule has 9 heteroatoms. The molecule has 0 bridgehead atoms. The molecule has 1 saturated heterocycles. The summed E-state index contributed by atoms with van der Waals surface area (Å²) in [6.07, 6.45) is 8.39. The van der Waals surface area contributed by atoms with Crippen LogP contribution >= 0.6 is 0 Å². The number of imidazole rings is 1. The molecular weight excluding hydrogens is 316 g/mol. The number of nitrogens with one attached hydrogen (secondary N) is 1. The van der Waals surface area contributed by atoms with Crippen LogP contribution in [0.2, 0.25) is 0 Å². The Morgan fingerprint density at radius 2 is 1.91 bits per heavy atom. The highest BCUT2D eigenvalue weighted by atomic mass is 32.2. The van der Waals surface area contributed by atoms with Crippen molar-refractivity contribution in [2.75, 3.05) is 27.2 Å². The summed E-state index contributed by atoms with van der Waals surface area (Å²) < 4.78 is 27.0. The van der Waals surface area contributed by atoms with Crippen LogP contribution in [0.1, 0.15) is 24.5 Å². The lowest BCUT2D eigenvalue weighted by Gasteiger charge is -2.32. The van der Waals surface area contributed by atoms with Crippen LogP contribution in [-0.4, -0.2) is 64.1 Å². The van der Waals surface area contributed by atoms with Crippen LogP contribution < -0.4 is 0 Å². The van der Waals surface area contributed by atoms with Crippen molar-refractivity contribution in [3.8, 4) is 11.5 Å². The van der Waals surface area contributed by atoms with Crippen molar-refractivity contribution in [3.63, 3.8) is 0 Å². The number of hydrogen-bond donors (Lipinski definition) is 1. The minimum atomic E-state index is -3.32. The highest BCUT2D eigenvalue weighted by Gasteiger charge is 2.30. The van der Waals surface area contributed by atoms with Gasteiger partial charge in [0, 0.05) is 51.7 Å². The molecule has 1 aliphatic rings. The van der Waals surface area contributed by atoms with Gasteiger partial charge in [0.15, 0.2) is 5.82 Å². The molecule has 0 unspecified atom stereocenters. The first-order valence-electron chi connectivity index (χ1n) is 7.48. The molecule has 1 fully saturated rings. The van der Waals surface area contributed by atoms with Crippen LogP contribution in [0.5, 0.6) is 0 Å². The van der Waals surface area contributed by atoms with E-state index >= 15 is 0 Å². The van der Waals surface area contributed by atoms with Crippen LogP contribution in [0, 0.1) is 0 Å². The third-order valence-corrected chi connectivity index (χ3v) is 6.01. The fourth-order valence-corrected chi connectivity index (χ4v) is 3.82. The van der Waals surface area contributed by atoms with E-state index in [4.69, 9.17) is 0 Å². The van der Waals surface area contributed by atoms with Gasteiger partial charge in [0.05, 0.1) is 11.9 Å². The fourth-order valence-electron chi connectivity index (χ4n) is 2.69. The molecule has 0 aromatic carbocycles. The Hall–Kier alpha value is -1.84. The molecule has 0 spiro atoms. The number of rotatable bonds is 4.